The Morgan fingerprint density at radius 3 is 2.80 bits per heavy atom. The fourth-order valence-corrected chi connectivity index (χ4v) is 3.09. The summed E-state index contributed by atoms with van der Waals surface area (Å²) >= 11 is 1.46. The van der Waals surface area contributed by atoms with E-state index in [0.29, 0.717) is 18.8 Å². The fraction of sp³-hybridized carbons (Fsp3) is 0.333. The quantitative estimate of drug-likeness (QED) is 0.608. The van der Waals surface area contributed by atoms with Crippen LogP contribution in [0.25, 0.3) is 10.8 Å². The number of carbonyl (C=O) groups is 3. The van der Waals surface area contributed by atoms with Crippen LogP contribution in [0.2, 0.25) is 0 Å². The molecule has 9 nitrogen and oxygen atoms in total. The molecule has 1 fully saturated rings. The number of imide groups is 1. The van der Waals surface area contributed by atoms with Crippen molar-refractivity contribution in [2.75, 3.05) is 6.54 Å². The Morgan fingerprint density at radius 2 is 2.08 bits per heavy atom. The highest BCUT2D eigenvalue weighted by Crippen LogP contribution is 2.19. The van der Waals surface area contributed by atoms with E-state index in [9.17, 15) is 14.4 Å². The third kappa shape index (κ3) is 4.57. The zero-order valence-corrected chi connectivity index (χ0v) is 14.0. The van der Waals surface area contributed by atoms with Gasteiger partial charge in [0.05, 0.1) is 5.69 Å². The zero-order valence-electron chi connectivity index (χ0n) is 13.2. The monoisotopic (exact) mass is 360 g/mol. The summed E-state index contributed by atoms with van der Waals surface area (Å²) in [6.45, 7) is 0.445. The lowest BCUT2D eigenvalue weighted by Crippen LogP contribution is -2.32. The van der Waals surface area contributed by atoms with Crippen LogP contribution in [0.4, 0.5) is 4.79 Å². The van der Waals surface area contributed by atoms with Crippen molar-refractivity contribution < 1.29 is 14.4 Å². The van der Waals surface area contributed by atoms with Crippen molar-refractivity contribution in [3.8, 4) is 10.8 Å². The molecular weight excluding hydrogens is 344 g/mol. The van der Waals surface area contributed by atoms with E-state index < -0.39 is 18.0 Å². The van der Waals surface area contributed by atoms with Gasteiger partial charge in [-0.3, -0.25) is 14.9 Å². The summed E-state index contributed by atoms with van der Waals surface area (Å²) in [5.74, 6) is 0.0198. The summed E-state index contributed by atoms with van der Waals surface area (Å²) in [6.07, 6.45) is 4.36. The molecule has 0 spiro atoms. The number of urea groups is 1. The van der Waals surface area contributed by atoms with Gasteiger partial charge < -0.3 is 10.6 Å². The van der Waals surface area contributed by atoms with Crippen LogP contribution in [0.3, 0.4) is 0 Å². The maximum Gasteiger partial charge on any atom is 0.322 e. The zero-order chi connectivity index (χ0) is 17.6. The Morgan fingerprint density at radius 1 is 1.28 bits per heavy atom. The number of nitrogens with one attached hydrogen (secondary N) is 3. The van der Waals surface area contributed by atoms with E-state index in [-0.39, 0.29) is 18.7 Å². The molecule has 0 aliphatic carbocycles. The number of aromatic nitrogens is 3. The van der Waals surface area contributed by atoms with Gasteiger partial charge in [-0.25, -0.2) is 19.7 Å². The second-order valence-corrected chi connectivity index (χ2v) is 6.23. The van der Waals surface area contributed by atoms with E-state index in [0.717, 1.165) is 10.7 Å². The number of carbonyl (C=O) groups excluding carboxylic acids is 3. The van der Waals surface area contributed by atoms with Crippen LogP contribution in [0, 0.1) is 0 Å². The molecule has 0 saturated carbocycles. The summed E-state index contributed by atoms with van der Waals surface area (Å²) in [6, 6.07) is 0.594. The fourth-order valence-electron chi connectivity index (χ4n) is 2.29. The van der Waals surface area contributed by atoms with Gasteiger partial charge >= 0.3 is 6.03 Å². The van der Waals surface area contributed by atoms with E-state index in [4.69, 9.17) is 0 Å². The molecule has 25 heavy (non-hydrogen) atoms. The maximum atomic E-state index is 11.8. The van der Waals surface area contributed by atoms with Crippen molar-refractivity contribution in [2.45, 2.75) is 25.3 Å². The minimum absolute atomic E-state index is 0.165. The highest BCUT2D eigenvalue weighted by Gasteiger charge is 2.29. The molecule has 2 aromatic heterocycles. The number of rotatable bonds is 7. The molecule has 3 rings (SSSR count). The normalized spacial score (nSPS) is 16.4. The molecule has 0 bridgehead atoms. The van der Waals surface area contributed by atoms with Gasteiger partial charge in [-0.15, -0.1) is 11.3 Å². The molecule has 4 amide bonds. The summed E-state index contributed by atoms with van der Waals surface area (Å²) < 4.78 is 0. The predicted octanol–water partition coefficient (Wildman–Crippen LogP) is 0.247. The molecule has 0 aromatic carbocycles. The summed E-state index contributed by atoms with van der Waals surface area (Å²) in [7, 11) is 0. The molecule has 1 saturated heterocycles. The molecule has 3 heterocycles. The Balaban J connectivity index is 1.39. The molecule has 1 atom stereocenters. The van der Waals surface area contributed by atoms with Crippen molar-refractivity contribution in [1.82, 2.24) is 30.9 Å². The van der Waals surface area contributed by atoms with E-state index in [2.05, 4.69) is 30.9 Å². The first-order valence-corrected chi connectivity index (χ1v) is 8.59. The molecule has 0 radical (unpaired) electrons. The lowest BCUT2D eigenvalue weighted by Gasteiger charge is -2.07. The van der Waals surface area contributed by atoms with Gasteiger partial charge in [0, 0.05) is 37.2 Å². The van der Waals surface area contributed by atoms with E-state index >= 15 is 0 Å². The van der Waals surface area contributed by atoms with Crippen LogP contribution < -0.4 is 16.0 Å². The molecule has 2 aromatic rings. The van der Waals surface area contributed by atoms with Crippen molar-refractivity contribution >= 4 is 29.2 Å². The highest BCUT2D eigenvalue weighted by molar-refractivity contribution is 7.13. The molecule has 1 aliphatic heterocycles. The lowest BCUT2D eigenvalue weighted by atomic mass is 10.1. The number of hydrogen-bond donors (Lipinski definition) is 3. The molecule has 1 aliphatic rings. The second kappa shape index (κ2) is 7.79. The summed E-state index contributed by atoms with van der Waals surface area (Å²) in [5.41, 5.74) is 0.857. The topological polar surface area (TPSA) is 126 Å². The van der Waals surface area contributed by atoms with Gasteiger partial charge in [-0.05, 0) is 12.5 Å². The third-order valence-electron chi connectivity index (χ3n) is 3.53. The minimum Gasteiger partial charge on any atom is -0.356 e. The first-order valence-electron chi connectivity index (χ1n) is 7.71. The van der Waals surface area contributed by atoms with Crippen LogP contribution in [0.5, 0.6) is 0 Å². The number of amides is 4. The van der Waals surface area contributed by atoms with E-state index in [1.807, 2.05) is 5.38 Å². The smallest absolute Gasteiger partial charge is 0.322 e. The van der Waals surface area contributed by atoms with Crippen LogP contribution in [0.1, 0.15) is 18.5 Å². The molecule has 1 unspecified atom stereocenters. The van der Waals surface area contributed by atoms with Crippen LogP contribution in [0.15, 0.2) is 23.8 Å². The van der Waals surface area contributed by atoms with Crippen LogP contribution >= 0.6 is 11.3 Å². The number of hydrogen-bond acceptors (Lipinski definition) is 7. The Bertz CT molecular complexity index is 779. The second-order valence-electron chi connectivity index (χ2n) is 5.37. The average Bonchev–Trinajstić information content (AvgIpc) is 3.20. The third-order valence-corrected chi connectivity index (χ3v) is 4.42. The predicted molar refractivity (Wildman–Crippen MR) is 89.6 cm³/mol. The summed E-state index contributed by atoms with van der Waals surface area (Å²) in [5, 5.41) is 10.0. The van der Waals surface area contributed by atoms with Gasteiger partial charge in [0.2, 0.25) is 5.91 Å². The average molecular weight is 360 g/mol. The molecule has 130 valence electrons. The van der Waals surface area contributed by atoms with Gasteiger partial charge in [0.1, 0.15) is 6.04 Å². The first kappa shape index (κ1) is 17.0. The number of nitrogens with zero attached hydrogens (tertiary/aromatic N) is 3. The summed E-state index contributed by atoms with van der Waals surface area (Å²) in [4.78, 5) is 46.9. The SMILES string of the molecule is O=C(CCC1NC(=O)NC1=O)NCCc1csc(-c2ncccn2)n1. The highest BCUT2D eigenvalue weighted by atomic mass is 32.1. The minimum atomic E-state index is -0.634. The van der Waals surface area contributed by atoms with Crippen molar-refractivity contribution in [3.63, 3.8) is 0 Å². The maximum absolute atomic E-state index is 11.8. The van der Waals surface area contributed by atoms with Crippen molar-refractivity contribution in [1.29, 1.82) is 0 Å². The molecule has 10 heteroatoms. The first-order chi connectivity index (χ1) is 12.1. The van der Waals surface area contributed by atoms with Gasteiger partial charge in [0.15, 0.2) is 10.8 Å². The Kier molecular flexibility index (Phi) is 5.29. The van der Waals surface area contributed by atoms with E-state index in [1.165, 1.54) is 11.3 Å². The van der Waals surface area contributed by atoms with E-state index in [1.54, 1.807) is 18.5 Å². The van der Waals surface area contributed by atoms with Crippen molar-refractivity contribution in [3.05, 3.63) is 29.5 Å². The van der Waals surface area contributed by atoms with Crippen LogP contribution in [-0.4, -0.2) is 45.4 Å². The standard InChI is InChI=1S/C15H16N6O3S/c22-11(3-2-10-13(23)21-15(24)20-10)16-7-4-9-8-25-14(19-9)12-17-5-1-6-18-12/h1,5-6,8,10H,2-4,7H2,(H,16,22)(H2,20,21,23,24). The molecular formula is C15H16N6O3S. The molecule has 3 N–H and O–H groups in total. The Hall–Kier alpha value is -2.88. The van der Waals surface area contributed by atoms with Crippen molar-refractivity contribution in [2.24, 2.45) is 0 Å². The largest absolute Gasteiger partial charge is 0.356 e. The lowest BCUT2D eigenvalue weighted by molar-refractivity contribution is -0.122. The Labute approximate surface area is 147 Å². The van der Waals surface area contributed by atoms with Crippen LogP contribution in [-0.2, 0) is 16.0 Å². The number of thiazole rings is 1. The van der Waals surface area contributed by atoms with Gasteiger partial charge in [-0.2, -0.15) is 0 Å². The van der Waals surface area contributed by atoms with Gasteiger partial charge in [0.25, 0.3) is 5.91 Å². The van der Waals surface area contributed by atoms with Gasteiger partial charge in [-0.1, -0.05) is 0 Å².